The average Bonchev–Trinajstić information content (AvgIpc) is 2.86. The minimum Gasteiger partial charge on any atom is -0.321 e. The molecule has 4 rings (SSSR count). The van der Waals surface area contributed by atoms with Gasteiger partial charge in [0.15, 0.2) is 0 Å². The third-order valence-corrected chi connectivity index (χ3v) is 5.41. The van der Waals surface area contributed by atoms with Gasteiger partial charge in [-0.25, -0.2) is 0 Å². The number of allylic oxidation sites excluding steroid dienone is 2. The number of benzene rings is 3. The Bertz CT molecular complexity index is 1410. The van der Waals surface area contributed by atoms with Crippen molar-refractivity contribution in [2.45, 2.75) is 12.4 Å². The second-order valence-corrected chi connectivity index (χ2v) is 8.00. The molecule has 1 amide bonds. The summed E-state index contributed by atoms with van der Waals surface area (Å²) in [6.07, 6.45) is -3.56. The number of anilines is 1. The van der Waals surface area contributed by atoms with Crippen molar-refractivity contribution in [3.05, 3.63) is 126 Å². The zero-order chi connectivity index (χ0) is 26.6. The van der Waals surface area contributed by atoms with Crippen LogP contribution in [0.5, 0.6) is 0 Å². The summed E-state index contributed by atoms with van der Waals surface area (Å²) >= 11 is 0. The van der Waals surface area contributed by atoms with Crippen LogP contribution in [0.4, 0.5) is 32.0 Å². The summed E-state index contributed by atoms with van der Waals surface area (Å²) in [4.78, 5) is 16.7. The van der Waals surface area contributed by atoms with Crippen molar-refractivity contribution in [3.8, 4) is 0 Å². The van der Waals surface area contributed by atoms with Crippen molar-refractivity contribution < 1.29 is 31.1 Å². The number of halogens is 6. The molecule has 0 bridgehead atoms. The van der Waals surface area contributed by atoms with Crippen LogP contribution in [0, 0.1) is 0 Å². The summed E-state index contributed by atoms with van der Waals surface area (Å²) in [7, 11) is 0. The number of fused-ring (bicyclic) bond motifs is 1. The van der Waals surface area contributed by atoms with E-state index in [1.807, 2.05) is 24.3 Å². The fraction of sp³-hybridized carbons (Fsp3) is 0.0714. The number of hydrogen-bond donors (Lipinski definition) is 1. The zero-order valence-electron chi connectivity index (χ0n) is 18.9. The number of carbonyl (C=O) groups excluding carboxylic acids is 1. The summed E-state index contributed by atoms with van der Waals surface area (Å²) in [5.74, 6) is -0.493. The molecule has 0 radical (unpaired) electrons. The van der Waals surface area contributed by atoms with Gasteiger partial charge in [-0.3, -0.25) is 9.78 Å². The number of para-hydroxylation sites is 1. The normalized spacial score (nSPS) is 12.1. The molecule has 0 saturated carbocycles. The topological polar surface area (TPSA) is 42.0 Å². The van der Waals surface area contributed by atoms with Crippen LogP contribution in [-0.4, -0.2) is 10.9 Å². The van der Waals surface area contributed by atoms with Crippen molar-refractivity contribution >= 4 is 28.1 Å². The second kappa shape index (κ2) is 10.3. The zero-order valence-corrected chi connectivity index (χ0v) is 18.9. The van der Waals surface area contributed by atoms with E-state index in [0.717, 1.165) is 35.2 Å². The Morgan fingerprint density at radius 2 is 1.30 bits per heavy atom. The van der Waals surface area contributed by atoms with Crippen LogP contribution in [-0.2, 0) is 17.1 Å². The number of rotatable bonds is 5. The third kappa shape index (κ3) is 6.43. The average molecular weight is 512 g/mol. The number of pyridine rings is 1. The van der Waals surface area contributed by atoms with Gasteiger partial charge in [0, 0.05) is 11.5 Å². The molecule has 4 aromatic rings. The van der Waals surface area contributed by atoms with Crippen molar-refractivity contribution in [2.24, 2.45) is 0 Å². The highest BCUT2D eigenvalue weighted by Gasteiger charge is 2.31. The standard InChI is InChI=1S/C28H18F6N2O/c29-27(30,31)21-12-8-18(9-13-21)24(19-10-14-22(15-11-19)28(32,33)34)5-3-7-26(37)36-23-16-20-4-1-2-6-25(20)35-17-23/h1-17H,(H,36,37)/b7-3+. The number of nitrogens with zero attached hydrogens (tertiary/aromatic N) is 1. The number of amides is 1. The van der Waals surface area contributed by atoms with Gasteiger partial charge in [0.25, 0.3) is 0 Å². The first-order valence-corrected chi connectivity index (χ1v) is 10.9. The Kier molecular flexibility index (Phi) is 7.15. The summed E-state index contributed by atoms with van der Waals surface area (Å²) in [6.45, 7) is 0. The lowest BCUT2D eigenvalue weighted by Crippen LogP contribution is -2.08. The Morgan fingerprint density at radius 1 is 0.757 bits per heavy atom. The molecule has 9 heteroatoms. The summed E-state index contributed by atoms with van der Waals surface area (Å²) in [5, 5.41) is 3.50. The molecule has 0 fully saturated rings. The molecule has 0 atom stereocenters. The molecule has 1 N–H and O–H groups in total. The molecule has 0 aliphatic rings. The molecule has 1 aromatic heterocycles. The summed E-state index contributed by atoms with van der Waals surface area (Å²) < 4.78 is 77.9. The van der Waals surface area contributed by atoms with E-state index in [9.17, 15) is 31.1 Å². The van der Waals surface area contributed by atoms with Crippen LogP contribution < -0.4 is 5.32 Å². The van der Waals surface area contributed by atoms with Gasteiger partial charge in [-0.05, 0) is 53.1 Å². The quantitative estimate of drug-likeness (QED) is 0.168. The molecule has 37 heavy (non-hydrogen) atoms. The van der Waals surface area contributed by atoms with Gasteiger partial charge in [0.05, 0.1) is 28.5 Å². The number of hydrogen-bond acceptors (Lipinski definition) is 2. The molecule has 0 aliphatic carbocycles. The second-order valence-electron chi connectivity index (χ2n) is 8.00. The maximum atomic E-state index is 13.0. The van der Waals surface area contributed by atoms with Crippen LogP contribution in [0.1, 0.15) is 22.3 Å². The smallest absolute Gasteiger partial charge is 0.321 e. The lowest BCUT2D eigenvalue weighted by atomic mass is 9.95. The van der Waals surface area contributed by atoms with Gasteiger partial charge in [-0.1, -0.05) is 54.6 Å². The monoisotopic (exact) mass is 512 g/mol. The minimum atomic E-state index is -4.54. The predicted molar refractivity (Wildman–Crippen MR) is 129 cm³/mol. The van der Waals surface area contributed by atoms with Crippen LogP contribution in [0.25, 0.3) is 16.5 Å². The van der Waals surface area contributed by atoms with Crippen molar-refractivity contribution in [3.63, 3.8) is 0 Å². The van der Waals surface area contributed by atoms with Gasteiger partial charge in [-0.15, -0.1) is 0 Å². The molecular weight excluding hydrogens is 494 g/mol. The predicted octanol–water partition coefficient (Wildman–Crippen LogP) is 7.90. The van der Waals surface area contributed by atoms with Crippen LogP contribution >= 0.6 is 0 Å². The highest BCUT2D eigenvalue weighted by Crippen LogP contribution is 2.33. The highest BCUT2D eigenvalue weighted by molar-refractivity contribution is 6.00. The molecular formula is C28H18F6N2O. The van der Waals surface area contributed by atoms with E-state index in [1.54, 1.807) is 6.07 Å². The minimum absolute atomic E-state index is 0.330. The third-order valence-electron chi connectivity index (χ3n) is 5.41. The van der Waals surface area contributed by atoms with E-state index >= 15 is 0 Å². The van der Waals surface area contributed by atoms with E-state index in [0.29, 0.717) is 22.4 Å². The SMILES string of the molecule is O=C(/C=C/C=C(c1ccc(C(F)(F)F)cc1)c1ccc(C(F)(F)F)cc1)Nc1cnc2ccccc2c1. The molecule has 0 aliphatic heterocycles. The largest absolute Gasteiger partial charge is 0.416 e. The maximum absolute atomic E-state index is 13.0. The molecule has 0 unspecified atom stereocenters. The lowest BCUT2D eigenvalue weighted by Gasteiger charge is -2.12. The first-order valence-electron chi connectivity index (χ1n) is 10.9. The molecule has 188 valence electrons. The molecule has 3 aromatic carbocycles. The van der Waals surface area contributed by atoms with Gasteiger partial charge in [0.2, 0.25) is 5.91 Å². The van der Waals surface area contributed by atoms with Gasteiger partial charge < -0.3 is 5.32 Å². The maximum Gasteiger partial charge on any atom is 0.416 e. The van der Waals surface area contributed by atoms with Crippen molar-refractivity contribution in [2.75, 3.05) is 5.32 Å². The van der Waals surface area contributed by atoms with Crippen molar-refractivity contribution in [1.29, 1.82) is 0 Å². The number of carbonyl (C=O) groups is 1. The fourth-order valence-corrected chi connectivity index (χ4v) is 3.59. The molecule has 0 spiro atoms. The highest BCUT2D eigenvalue weighted by atomic mass is 19.4. The number of alkyl halides is 6. The van der Waals surface area contributed by atoms with Crippen LogP contribution in [0.15, 0.2) is 103 Å². The fourth-order valence-electron chi connectivity index (χ4n) is 3.59. The molecule has 0 saturated heterocycles. The summed E-state index contributed by atoms with van der Waals surface area (Å²) in [6, 6.07) is 17.5. The Labute approximate surface area is 207 Å². The summed E-state index contributed by atoms with van der Waals surface area (Å²) in [5.41, 5.74) is 0.496. The first kappa shape index (κ1) is 25.7. The van der Waals surface area contributed by atoms with E-state index in [-0.39, 0.29) is 0 Å². The van der Waals surface area contributed by atoms with Gasteiger partial charge in [0.1, 0.15) is 0 Å². The van der Waals surface area contributed by atoms with E-state index in [1.165, 1.54) is 48.7 Å². The van der Waals surface area contributed by atoms with E-state index in [4.69, 9.17) is 0 Å². The Hall–Kier alpha value is -4.40. The first-order chi connectivity index (χ1) is 17.5. The Balaban J connectivity index is 1.60. The van der Waals surface area contributed by atoms with Gasteiger partial charge >= 0.3 is 12.4 Å². The molecule has 1 heterocycles. The lowest BCUT2D eigenvalue weighted by molar-refractivity contribution is -0.138. The van der Waals surface area contributed by atoms with Gasteiger partial charge in [-0.2, -0.15) is 26.3 Å². The van der Waals surface area contributed by atoms with Crippen molar-refractivity contribution in [1.82, 2.24) is 4.98 Å². The van der Waals surface area contributed by atoms with E-state index < -0.39 is 29.4 Å². The van der Waals surface area contributed by atoms with E-state index in [2.05, 4.69) is 10.3 Å². The Morgan fingerprint density at radius 3 is 1.84 bits per heavy atom. The van der Waals surface area contributed by atoms with Crippen LogP contribution in [0.3, 0.4) is 0 Å². The number of nitrogens with one attached hydrogen (secondary N) is 1. The molecule has 3 nitrogen and oxygen atoms in total. The van der Waals surface area contributed by atoms with Crippen LogP contribution in [0.2, 0.25) is 0 Å². The number of aromatic nitrogens is 1.